The van der Waals surface area contributed by atoms with Gasteiger partial charge in [0.25, 0.3) is 0 Å². The maximum Gasteiger partial charge on any atom is 0.417 e. The van der Waals surface area contributed by atoms with Crippen LogP contribution in [-0.4, -0.2) is 24.6 Å². The molecule has 104 valence electrons. The fourth-order valence-electron chi connectivity index (χ4n) is 2.10. The minimum atomic E-state index is -0.843. The topological polar surface area (TPSA) is 52.6 Å². The van der Waals surface area contributed by atoms with E-state index in [2.05, 4.69) is 13.8 Å². The zero-order valence-corrected chi connectivity index (χ0v) is 11.4. The third kappa shape index (κ3) is 6.03. The van der Waals surface area contributed by atoms with Gasteiger partial charge in [-0.25, -0.2) is 9.59 Å². The molecule has 0 bridgehead atoms. The Kier molecular flexibility index (Phi) is 6.76. The Balaban J connectivity index is 2.14. The SMILES string of the molecule is CC(C)CCCOC(=O)C(=O)OC1CCCCC1. The van der Waals surface area contributed by atoms with Crippen molar-refractivity contribution in [3.05, 3.63) is 0 Å². The average molecular weight is 256 g/mol. The van der Waals surface area contributed by atoms with Crippen LogP contribution in [0.3, 0.4) is 0 Å². The molecule has 0 aromatic heterocycles. The molecule has 0 aromatic carbocycles. The number of hydrogen-bond donors (Lipinski definition) is 0. The fraction of sp³-hybridized carbons (Fsp3) is 0.857. The van der Waals surface area contributed by atoms with Gasteiger partial charge in [0, 0.05) is 0 Å². The summed E-state index contributed by atoms with van der Waals surface area (Å²) in [5.74, 6) is -1.09. The lowest BCUT2D eigenvalue weighted by Gasteiger charge is -2.21. The highest BCUT2D eigenvalue weighted by atomic mass is 16.6. The van der Waals surface area contributed by atoms with Gasteiger partial charge in [0.1, 0.15) is 6.10 Å². The van der Waals surface area contributed by atoms with Gasteiger partial charge in [-0.2, -0.15) is 0 Å². The molecule has 0 aliphatic heterocycles. The van der Waals surface area contributed by atoms with Gasteiger partial charge >= 0.3 is 11.9 Å². The maximum absolute atomic E-state index is 11.4. The Bertz CT molecular complexity index is 267. The molecule has 0 spiro atoms. The second-order valence-electron chi connectivity index (χ2n) is 5.34. The van der Waals surface area contributed by atoms with Crippen LogP contribution in [0.15, 0.2) is 0 Å². The third-order valence-electron chi connectivity index (χ3n) is 3.15. The summed E-state index contributed by atoms with van der Waals surface area (Å²) < 4.78 is 10.0. The second kappa shape index (κ2) is 8.11. The molecular weight excluding hydrogens is 232 g/mol. The van der Waals surface area contributed by atoms with Crippen molar-refractivity contribution < 1.29 is 19.1 Å². The predicted octanol–water partition coefficient (Wildman–Crippen LogP) is 2.84. The highest BCUT2D eigenvalue weighted by molar-refractivity contribution is 6.29. The van der Waals surface area contributed by atoms with Crippen molar-refractivity contribution in [1.82, 2.24) is 0 Å². The molecule has 1 aliphatic rings. The van der Waals surface area contributed by atoms with Gasteiger partial charge in [0.2, 0.25) is 0 Å². The second-order valence-corrected chi connectivity index (χ2v) is 5.34. The van der Waals surface area contributed by atoms with Gasteiger partial charge in [-0.3, -0.25) is 0 Å². The van der Waals surface area contributed by atoms with Crippen LogP contribution in [-0.2, 0) is 19.1 Å². The first-order valence-electron chi connectivity index (χ1n) is 6.97. The lowest BCUT2D eigenvalue weighted by Crippen LogP contribution is -2.27. The van der Waals surface area contributed by atoms with Gasteiger partial charge in [-0.1, -0.05) is 20.3 Å². The van der Waals surface area contributed by atoms with Gasteiger partial charge < -0.3 is 9.47 Å². The van der Waals surface area contributed by atoms with Gasteiger partial charge in [0.05, 0.1) is 6.61 Å². The van der Waals surface area contributed by atoms with Crippen molar-refractivity contribution in [2.45, 2.75) is 64.9 Å². The lowest BCUT2D eigenvalue weighted by atomic mass is 9.98. The Hall–Kier alpha value is -1.06. The number of hydrogen-bond acceptors (Lipinski definition) is 4. The fourth-order valence-corrected chi connectivity index (χ4v) is 2.10. The minimum Gasteiger partial charge on any atom is -0.457 e. The molecule has 0 radical (unpaired) electrons. The molecule has 0 amide bonds. The molecule has 0 unspecified atom stereocenters. The van der Waals surface area contributed by atoms with E-state index in [-0.39, 0.29) is 6.10 Å². The summed E-state index contributed by atoms with van der Waals surface area (Å²) >= 11 is 0. The van der Waals surface area contributed by atoms with E-state index in [4.69, 9.17) is 9.47 Å². The van der Waals surface area contributed by atoms with Gasteiger partial charge in [0.15, 0.2) is 0 Å². The van der Waals surface area contributed by atoms with Crippen molar-refractivity contribution in [2.75, 3.05) is 6.61 Å². The van der Waals surface area contributed by atoms with Crippen LogP contribution in [0, 0.1) is 5.92 Å². The molecule has 4 nitrogen and oxygen atoms in total. The van der Waals surface area contributed by atoms with Crippen molar-refractivity contribution >= 4 is 11.9 Å². The van der Waals surface area contributed by atoms with E-state index in [0.717, 1.165) is 38.5 Å². The quantitative estimate of drug-likeness (QED) is 0.431. The molecule has 0 saturated heterocycles. The number of carbonyl (C=O) groups excluding carboxylic acids is 2. The van der Waals surface area contributed by atoms with E-state index >= 15 is 0 Å². The molecule has 0 aromatic rings. The van der Waals surface area contributed by atoms with Crippen molar-refractivity contribution in [1.29, 1.82) is 0 Å². The summed E-state index contributed by atoms with van der Waals surface area (Å²) in [5.41, 5.74) is 0. The molecule has 0 heterocycles. The summed E-state index contributed by atoms with van der Waals surface area (Å²) in [4.78, 5) is 22.8. The third-order valence-corrected chi connectivity index (χ3v) is 3.15. The Morgan fingerprint density at radius 2 is 1.78 bits per heavy atom. The molecule has 18 heavy (non-hydrogen) atoms. The number of carbonyl (C=O) groups is 2. The molecule has 1 fully saturated rings. The standard InChI is InChI=1S/C14H24O4/c1-11(2)7-6-10-17-13(15)14(16)18-12-8-4-3-5-9-12/h11-12H,3-10H2,1-2H3. The van der Waals surface area contributed by atoms with E-state index in [9.17, 15) is 9.59 Å². The normalized spacial score (nSPS) is 16.6. The summed E-state index contributed by atoms with van der Waals surface area (Å²) in [6.45, 7) is 4.52. The van der Waals surface area contributed by atoms with Crippen LogP contribution >= 0.6 is 0 Å². The largest absolute Gasteiger partial charge is 0.457 e. The first-order chi connectivity index (χ1) is 8.59. The first kappa shape index (κ1) is 15.0. The van der Waals surface area contributed by atoms with E-state index in [1.165, 1.54) is 6.42 Å². The molecule has 1 saturated carbocycles. The van der Waals surface area contributed by atoms with E-state index < -0.39 is 11.9 Å². The monoisotopic (exact) mass is 256 g/mol. The molecule has 0 atom stereocenters. The highest BCUT2D eigenvalue weighted by Gasteiger charge is 2.23. The van der Waals surface area contributed by atoms with Crippen LogP contribution < -0.4 is 0 Å². The van der Waals surface area contributed by atoms with Crippen LogP contribution in [0.25, 0.3) is 0 Å². The van der Waals surface area contributed by atoms with Gasteiger partial charge in [-0.05, 0) is 44.4 Å². The molecule has 4 heteroatoms. The van der Waals surface area contributed by atoms with Crippen molar-refractivity contribution in [2.24, 2.45) is 5.92 Å². The van der Waals surface area contributed by atoms with E-state index in [0.29, 0.717) is 12.5 Å². The number of ether oxygens (including phenoxy) is 2. The summed E-state index contributed by atoms with van der Waals surface area (Å²) in [6.07, 6.45) is 6.76. The van der Waals surface area contributed by atoms with Crippen LogP contribution in [0.2, 0.25) is 0 Å². The lowest BCUT2D eigenvalue weighted by molar-refractivity contribution is -0.171. The average Bonchev–Trinajstić information content (AvgIpc) is 2.35. The van der Waals surface area contributed by atoms with E-state index in [1.54, 1.807) is 0 Å². The Labute approximate surface area is 109 Å². The zero-order valence-electron chi connectivity index (χ0n) is 11.4. The number of esters is 2. The van der Waals surface area contributed by atoms with Crippen LogP contribution in [0.4, 0.5) is 0 Å². The summed E-state index contributed by atoms with van der Waals surface area (Å²) in [7, 11) is 0. The predicted molar refractivity (Wildman–Crippen MR) is 68.0 cm³/mol. The summed E-state index contributed by atoms with van der Waals surface area (Å²) in [6, 6.07) is 0. The van der Waals surface area contributed by atoms with E-state index in [1.807, 2.05) is 0 Å². The number of rotatable bonds is 5. The molecule has 1 aliphatic carbocycles. The molecule has 0 N–H and O–H groups in total. The molecule has 1 rings (SSSR count). The van der Waals surface area contributed by atoms with Crippen molar-refractivity contribution in [3.8, 4) is 0 Å². The van der Waals surface area contributed by atoms with Gasteiger partial charge in [-0.15, -0.1) is 0 Å². The zero-order chi connectivity index (χ0) is 13.4. The Morgan fingerprint density at radius 3 is 2.39 bits per heavy atom. The van der Waals surface area contributed by atoms with Crippen LogP contribution in [0.1, 0.15) is 58.8 Å². The summed E-state index contributed by atoms with van der Waals surface area (Å²) in [5, 5.41) is 0. The molecular formula is C14H24O4. The Morgan fingerprint density at radius 1 is 1.11 bits per heavy atom. The maximum atomic E-state index is 11.4. The minimum absolute atomic E-state index is 0.0885. The van der Waals surface area contributed by atoms with Crippen molar-refractivity contribution in [3.63, 3.8) is 0 Å². The van der Waals surface area contributed by atoms with Crippen LogP contribution in [0.5, 0.6) is 0 Å². The smallest absolute Gasteiger partial charge is 0.417 e. The first-order valence-corrected chi connectivity index (χ1v) is 6.97. The highest BCUT2D eigenvalue weighted by Crippen LogP contribution is 2.20.